The molecule has 8 heteroatoms. The molecule has 0 aliphatic carbocycles. The first kappa shape index (κ1) is 25.0. The molecule has 2 aromatic carbocycles. The van der Waals surface area contributed by atoms with Crippen molar-refractivity contribution in [1.82, 2.24) is 10.6 Å². The van der Waals surface area contributed by atoms with Crippen LogP contribution in [0.5, 0.6) is 0 Å². The van der Waals surface area contributed by atoms with Crippen molar-refractivity contribution in [3.05, 3.63) is 65.4 Å². The fraction of sp³-hybridized carbons (Fsp3) is 0.360. The highest BCUT2D eigenvalue weighted by atomic mass is 127. The molecule has 1 saturated heterocycles. The van der Waals surface area contributed by atoms with Crippen LogP contribution in [0.15, 0.2) is 57.9 Å². The number of ether oxygens (including phenoxy) is 1. The van der Waals surface area contributed by atoms with Gasteiger partial charge in [0.2, 0.25) is 0 Å². The van der Waals surface area contributed by atoms with Gasteiger partial charge in [-0.25, -0.2) is 4.99 Å². The number of fused-ring (bicyclic) bond motifs is 1. The average molecular weight is 562 g/mol. The van der Waals surface area contributed by atoms with Crippen LogP contribution in [0.25, 0.3) is 11.0 Å². The van der Waals surface area contributed by atoms with Gasteiger partial charge in [-0.05, 0) is 50.5 Å². The minimum Gasteiger partial charge on any atom is -0.459 e. The molecule has 0 radical (unpaired) electrons. The summed E-state index contributed by atoms with van der Waals surface area (Å²) in [5, 5.41) is 10.7. The first-order chi connectivity index (χ1) is 15.6. The number of carbonyl (C=O) groups is 1. The van der Waals surface area contributed by atoms with E-state index in [0.29, 0.717) is 25.7 Å². The number of hydrogen-bond donors (Lipinski definition) is 3. The Hall–Kier alpha value is -2.59. The molecule has 0 saturated carbocycles. The number of aryl methyl sites for hydroxylation is 1. The summed E-state index contributed by atoms with van der Waals surface area (Å²) in [4.78, 5) is 17.0. The van der Waals surface area contributed by atoms with E-state index in [1.807, 2.05) is 49.4 Å². The number of nitrogens with one attached hydrogen (secondary N) is 3. The maximum absolute atomic E-state index is 12.3. The van der Waals surface area contributed by atoms with Crippen LogP contribution in [0.3, 0.4) is 0 Å². The van der Waals surface area contributed by atoms with Gasteiger partial charge in [-0.15, -0.1) is 24.0 Å². The van der Waals surface area contributed by atoms with Crippen LogP contribution in [-0.4, -0.2) is 31.1 Å². The van der Waals surface area contributed by atoms with Crippen LogP contribution in [0.2, 0.25) is 0 Å². The number of halogens is 1. The molecule has 3 aromatic rings. The zero-order valence-corrected chi connectivity index (χ0v) is 21.3. The number of anilines is 1. The SMILES string of the molecule is CCNC(=NCc1cccc(NC(=O)C2CCCO2)c1)NCc1oc2ccccc2c1C.I. The number of furan rings is 1. The van der Waals surface area contributed by atoms with Gasteiger partial charge >= 0.3 is 0 Å². The molecular formula is C25H31IN4O3. The van der Waals surface area contributed by atoms with E-state index in [2.05, 4.69) is 28.9 Å². The first-order valence-electron chi connectivity index (χ1n) is 11.1. The number of amides is 1. The summed E-state index contributed by atoms with van der Waals surface area (Å²) in [5.41, 5.74) is 3.80. The smallest absolute Gasteiger partial charge is 0.253 e. The Labute approximate surface area is 211 Å². The Bertz CT molecular complexity index is 1110. The van der Waals surface area contributed by atoms with Crippen LogP contribution in [0, 0.1) is 6.92 Å². The van der Waals surface area contributed by atoms with Gasteiger partial charge in [-0.1, -0.05) is 30.3 Å². The number of hydrogen-bond acceptors (Lipinski definition) is 4. The molecule has 2 heterocycles. The van der Waals surface area contributed by atoms with Crippen molar-refractivity contribution in [1.29, 1.82) is 0 Å². The fourth-order valence-corrected chi connectivity index (χ4v) is 3.82. The largest absolute Gasteiger partial charge is 0.459 e. The number of nitrogens with zero attached hydrogens (tertiary/aromatic N) is 1. The molecule has 176 valence electrons. The highest BCUT2D eigenvalue weighted by Gasteiger charge is 2.23. The number of guanidine groups is 1. The molecule has 1 fully saturated rings. The molecule has 1 atom stereocenters. The van der Waals surface area contributed by atoms with Crippen LogP contribution in [0.4, 0.5) is 5.69 Å². The zero-order chi connectivity index (χ0) is 22.3. The van der Waals surface area contributed by atoms with Gasteiger partial charge in [0, 0.05) is 29.8 Å². The van der Waals surface area contributed by atoms with E-state index in [-0.39, 0.29) is 36.0 Å². The Morgan fingerprint density at radius 2 is 2.00 bits per heavy atom. The standard InChI is InChI=1S/C25H30N4O3.HI/c1-3-26-25(28-16-23-17(2)20-10-4-5-11-21(20)32-23)27-15-18-8-6-9-19(14-18)29-24(30)22-12-7-13-31-22;/h4-6,8-11,14,22H,3,7,12-13,15-16H2,1-2H3,(H,29,30)(H2,26,27,28);1H. The number of carbonyl (C=O) groups excluding carboxylic acids is 1. The van der Waals surface area contributed by atoms with Crippen LogP contribution >= 0.6 is 24.0 Å². The fourth-order valence-electron chi connectivity index (χ4n) is 3.82. The summed E-state index contributed by atoms with van der Waals surface area (Å²) in [6.45, 7) is 6.54. The normalized spacial score (nSPS) is 15.8. The van der Waals surface area contributed by atoms with Crippen molar-refractivity contribution >= 4 is 52.5 Å². The van der Waals surface area contributed by atoms with E-state index in [1.54, 1.807) is 0 Å². The lowest BCUT2D eigenvalue weighted by Gasteiger charge is -2.12. The molecule has 4 rings (SSSR count). The number of para-hydroxylation sites is 1. The van der Waals surface area contributed by atoms with Gasteiger partial charge in [0.15, 0.2) is 5.96 Å². The number of aliphatic imine (C=N–C) groups is 1. The summed E-state index contributed by atoms with van der Waals surface area (Å²) in [6.07, 6.45) is 1.36. The quantitative estimate of drug-likeness (QED) is 0.220. The van der Waals surface area contributed by atoms with E-state index in [4.69, 9.17) is 14.1 Å². The van der Waals surface area contributed by atoms with Gasteiger partial charge in [-0.2, -0.15) is 0 Å². The third kappa shape index (κ3) is 6.48. The van der Waals surface area contributed by atoms with Crippen molar-refractivity contribution in [2.45, 2.75) is 45.9 Å². The van der Waals surface area contributed by atoms with Gasteiger partial charge in [0.25, 0.3) is 5.91 Å². The molecule has 33 heavy (non-hydrogen) atoms. The molecule has 1 aromatic heterocycles. The Morgan fingerprint density at radius 1 is 1.15 bits per heavy atom. The molecule has 0 spiro atoms. The summed E-state index contributed by atoms with van der Waals surface area (Å²) in [6, 6.07) is 15.8. The molecule has 1 aliphatic heterocycles. The average Bonchev–Trinajstić information content (AvgIpc) is 3.45. The van der Waals surface area contributed by atoms with Crippen molar-refractivity contribution < 1.29 is 13.9 Å². The van der Waals surface area contributed by atoms with Gasteiger partial charge in [0.05, 0.1) is 13.1 Å². The third-order valence-electron chi connectivity index (χ3n) is 5.54. The number of rotatable bonds is 7. The van der Waals surface area contributed by atoms with E-state index in [1.165, 1.54) is 0 Å². The second kappa shape index (κ2) is 12.0. The maximum Gasteiger partial charge on any atom is 0.253 e. The molecule has 3 N–H and O–H groups in total. The van der Waals surface area contributed by atoms with Crippen LogP contribution in [0.1, 0.15) is 36.7 Å². The van der Waals surface area contributed by atoms with Crippen molar-refractivity contribution in [2.24, 2.45) is 4.99 Å². The van der Waals surface area contributed by atoms with E-state index in [9.17, 15) is 4.79 Å². The zero-order valence-electron chi connectivity index (χ0n) is 19.0. The Morgan fingerprint density at radius 3 is 2.76 bits per heavy atom. The Balaban J connectivity index is 0.00000306. The monoisotopic (exact) mass is 562 g/mol. The minimum absolute atomic E-state index is 0. The molecule has 0 bridgehead atoms. The molecular weight excluding hydrogens is 531 g/mol. The summed E-state index contributed by atoms with van der Waals surface area (Å²) in [7, 11) is 0. The topological polar surface area (TPSA) is 87.9 Å². The highest BCUT2D eigenvalue weighted by Crippen LogP contribution is 2.24. The number of benzene rings is 2. The predicted octanol–water partition coefficient (Wildman–Crippen LogP) is 4.73. The van der Waals surface area contributed by atoms with Gasteiger partial charge in [-0.3, -0.25) is 4.79 Å². The van der Waals surface area contributed by atoms with Crippen molar-refractivity contribution in [2.75, 3.05) is 18.5 Å². The second-order valence-corrected chi connectivity index (χ2v) is 7.89. The van der Waals surface area contributed by atoms with Crippen molar-refractivity contribution in [3.63, 3.8) is 0 Å². The lowest BCUT2D eigenvalue weighted by atomic mass is 10.1. The molecule has 7 nitrogen and oxygen atoms in total. The lowest BCUT2D eigenvalue weighted by molar-refractivity contribution is -0.124. The Kier molecular flexibility index (Phi) is 9.13. The lowest BCUT2D eigenvalue weighted by Crippen LogP contribution is -2.36. The maximum atomic E-state index is 12.3. The highest BCUT2D eigenvalue weighted by molar-refractivity contribution is 14.0. The van der Waals surface area contributed by atoms with E-state index < -0.39 is 0 Å². The van der Waals surface area contributed by atoms with Gasteiger partial charge in [0.1, 0.15) is 17.4 Å². The van der Waals surface area contributed by atoms with E-state index in [0.717, 1.165) is 52.9 Å². The minimum atomic E-state index is -0.345. The summed E-state index contributed by atoms with van der Waals surface area (Å²) >= 11 is 0. The summed E-state index contributed by atoms with van der Waals surface area (Å²) in [5.74, 6) is 1.52. The van der Waals surface area contributed by atoms with Crippen LogP contribution < -0.4 is 16.0 Å². The molecule has 1 aliphatic rings. The van der Waals surface area contributed by atoms with Crippen molar-refractivity contribution in [3.8, 4) is 0 Å². The molecule has 1 amide bonds. The molecule has 1 unspecified atom stereocenters. The first-order valence-corrected chi connectivity index (χ1v) is 11.1. The second-order valence-electron chi connectivity index (χ2n) is 7.89. The van der Waals surface area contributed by atoms with Gasteiger partial charge < -0.3 is 25.1 Å². The predicted molar refractivity (Wildman–Crippen MR) is 142 cm³/mol. The third-order valence-corrected chi connectivity index (χ3v) is 5.54. The van der Waals surface area contributed by atoms with Crippen LogP contribution in [-0.2, 0) is 22.6 Å². The van der Waals surface area contributed by atoms with E-state index >= 15 is 0 Å². The summed E-state index contributed by atoms with van der Waals surface area (Å²) < 4.78 is 11.4.